The fraction of sp³-hybridized carbons (Fsp3) is 0.500. The Morgan fingerprint density at radius 2 is 2.30 bits per heavy atom. The van der Waals surface area contributed by atoms with Crippen LogP contribution in [0.1, 0.15) is 6.42 Å². The molecule has 126 valence electrons. The van der Waals surface area contributed by atoms with Gasteiger partial charge in [0.1, 0.15) is 0 Å². The van der Waals surface area contributed by atoms with E-state index in [-0.39, 0.29) is 17.9 Å². The monoisotopic (exact) mass is 337 g/mol. The molecule has 1 atom stereocenters. The summed E-state index contributed by atoms with van der Waals surface area (Å²) in [5.74, 6) is 0.282. The first-order chi connectivity index (χ1) is 11.1. The Bertz CT molecular complexity index is 553. The van der Waals surface area contributed by atoms with Gasteiger partial charge in [0.25, 0.3) is 0 Å². The molecule has 0 saturated carbocycles. The summed E-state index contributed by atoms with van der Waals surface area (Å²) in [4.78, 5) is 26.7. The van der Waals surface area contributed by atoms with Crippen molar-refractivity contribution < 1.29 is 14.3 Å². The van der Waals surface area contributed by atoms with Gasteiger partial charge in [0, 0.05) is 49.7 Å². The molecule has 3 amide bonds. The summed E-state index contributed by atoms with van der Waals surface area (Å²) in [7, 11) is 1.62. The number of urea groups is 1. The predicted molar refractivity (Wildman–Crippen MR) is 91.8 cm³/mol. The molecule has 1 fully saturated rings. The number of hydrogen-bond acceptors (Lipinski definition) is 4. The number of amides is 3. The Kier molecular flexibility index (Phi) is 6.73. The third-order valence-electron chi connectivity index (χ3n) is 3.74. The van der Waals surface area contributed by atoms with E-state index < -0.39 is 0 Å². The van der Waals surface area contributed by atoms with Crippen molar-refractivity contribution in [2.45, 2.75) is 11.3 Å². The average Bonchev–Trinajstić information content (AvgIpc) is 2.91. The van der Waals surface area contributed by atoms with Crippen molar-refractivity contribution in [1.29, 1.82) is 0 Å². The van der Waals surface area contributed by atoms with Crippen LogP contribution >= 0.6 is 11.8 Å². The largest absolute Gasteiger partial charge is 0.383 e. The highest BCUT2D eigenvalue weighted by Gasteiger charge is 2.29. The molecule has 0 bridgehead atoms. The fourth-order valence-electron chi connectivity index (χ4n) is 2.52. The molecule has 1 aromatic carbocycles. The molecule has 1 heterocycles. The number of anilines is 1. The standard InChI is InChI=1S/C16H23N3O3S/c1-22-7-6-19-11-12(8-15(19)20)10-17-16(21)18-13-4-3-5-14(9-13)23-2/h3-5,9,12H,6-8,10-11H2,1-2H3,(H2,17,18,21). The van der Waals surface area contributed by atoms with E-state index in [0.717, 1.165) is 10.6 Å². The Labute approximate surface area is 140 Å². The van der Waals surface area contributed by atoms with Gasteiger partial charge in [-0.3, -0.25) is 4.79 Å². The van der Waals surface area contributed by atoms with Crippen molar-refractivity contribution in [1.82, 2.24) is 10.2 Å². The van der Waals surface area contributed by atoms with Gasteiger partial charge >= 0.3 is 6.03 Å². The summed E-state index contributed by atoms with van der Waals surface area (Å²) in [6.07, 6.45) is 2.47. The second-order valence-corrected chi connectivity index (χ2v) is 6.35. The number of rotatable bonds is 7. The number of methoxy groups -OCH3 is 1. The summed E-state index contributed by atoms with van der Waals surface area (Å²) in [5, 5.41) is 5.66. The second-order valence-electron chi connectivity index (χ2n) is 5.47. The summed E-state index contributed by atoms with van der Waals surface area (Å²) in [6.45, 7) is 2.31. The summed E-state index contributed by atoms with van der Waals surface area (Å²) < 4.78 is 5.00. The van der Waals surface area contributed by atoms with E-state index >= 15 is 0 Å². The van der Waals surface area contributed by atoms with Crippen LogP contribution in [0.25, 0.3) is 0 Å². The lowest BCUT2D eigenvalue weighted by molar-refractivity contribution is -0.128. The molecule has 1 unspecified atom stereocenters. The molecule has 1 aliphatic rings. The normalized spacial score (nSPS) is 17.4. The summed E-state index contributed by atoms with van der Waals surface area (Å²) >= 11 is 1.63. The van der Waals surface area contributed by atoms with Crippen molar-refractivity contribution in [3.8, 4) is 0 Å². The number of hydrogen-bond donors (Lipinski definition) is 2. The second kappa shape index (κ2) is 8.79. The smallest absolute Gasteiger partial charge is 0.319 e. The molecular weight excluding hydrogens is 314 g/mol. The number of carbonyl (C=O) groups excluding carboxylic acids is 2. The highest BCUT2D eigenvalue weighted by atomic mass is 32.2. The van der Waals surface area contributed by atoms with E-state index in [1.54, 1.807) is 23.8 Å². The van der Waals surface area contributed by atoms with E-state index in [9.17, 15) is 9.59 Å². The Balaban J connectivity index is 1.75. The highest BCUT2D eigenvalue weighted by molar-refractivity contribution is 7.98. The van der Waals surface area contributed by atoms with Gasteiger partial charge in [-0.1, -0.05) is 6.07 Å². The number of thioether (sulfide) groups is 1. The van der Waals surface area contributed by atoms with Gasteiger partial charge in [-0.15, -0.1) is 11.8 Å². The lowest BCUT2D eigenvalue weighted by atomic mass is 10.1. The van der Waals surface area contributed by atoms with Crippen molar-refractivity contribution in [3.05, 3.63) is 24.3 Å². The zero-order valence-electron chi connectivity index (χ0n) is 13.5. The van der Waals surface area contributed by atoms with Crippen LogP contribution in [0.2, 0.25) is 0 Å². The van der Waals surface area contributed by atoms with Crippen molar-refractivity contribution >= 4 is 29.4 Å². The summed E-state index contributed by atoms with van der Waals surface area (Å²) in [5.41, 5.74) is 0.763. The Hall–Kier alpha value is -1.73. The van der Waals surface area contributed by atoms with E-state index in [1.807, 2.05) is 30.5 Å². The average molecular weight is 337 g/mol. The zero-order chi connectivity index (χ0) is 16.7. The molecule has 23 heavy (non-hydrogen) atoms. The Morgan fingerprint density at radius 1 is 1.48 bits per heavy atom. The molecule has 2 N–H and O–H groups in total. The van der Waals surface area contributed by atoms with Crippen LogP contribution in [-0.2, 0) is 9.53 Å². The van der Waals surface area contributed by atoms with Crippen molar-refractivity contribution in [3.63, 3.8) is 0 Å². The van der Waals surface area contributed by atoms with E-state index in [2.05, 4.69) is 10.6 Å². The third-order valence-corrected chi connectivity index (χ3v) is 4.46. The topological polar surface area (TPSA) is 70.7 Å². The molecule has 2 rings (SSSR count). The van der Waals surface area contributed by atoms with E-state index in [4.69, 9.17) is 4.74 Å². The minimum absolute atomic E-state index is 0.127. The predicted octanol–water partition coefficient (Wildman–Crippen LogP) is 2.02. The molecule has 0 aromatic heterocycles. The van der Waals surface area contributed by atoms with Gasteiger partial charge < -0.3 is 20.3 Å². The minimum atomic E-state index is -0.244. The molecular formula is C16H23N3O3S. The molecule has 1 aliphatic heterocycles. The number of ether oxygens (including phenoxy) is 1. The van der Waals surface area contributed by atoms with Crippen LogP contribution in [0.15, 0.2) is 29.2 Å². The van der Waals surface area contributed by atoms with Crippen molar-refractivity contribution in [2.75, 3.05) is 44.9 Å². The van der Waals surface area contributed by atoms with Crippen LogP contribution in [0.3, 0.4) is 0 Å². The van der Waals surface area contributed by atoms with Crippen LogP contribution in [0.5, 0.6) is 0 Å². The molecule has 0 spiro atoms. The van der Waals surface area contributed by atoms with Gasteiger partial charge in [0.2, 0.25) is 5.91 Å². The number of nitrogens with zero attached hydrogens (tertiary/aromatic N) is 1. The molecule has 0 radical (unpaired) electrons. The Morgan fingerprint density at radius 3 is 3.04 bits per heavy atom. The van der Waals surface area contributed by atoms with Gasteiger partial charge in [0.15, 0.2) is 0 Å². The van der Waals surface area contributed by atoms with Gasteiger partial charge in [0.05, 0.1) is 6.61 Å². The van der Waals surface area contributed by atoms with Crippen LogP contribution < -0.4 is 10.6 Å². The lowest BCUT2D eigenvalue weighted by Crippen LogP contribution is -2.34. The molecule has 0 aliphatic carbocycles. The molecule has 1 saturated heterocycles. The van der Waals surface area contributed by atoms with Crippen LogP contribution in [0, 0.1) is 5.92 Å². The summed E-state index contributed by atoms with van der Waals surface area (Å²) in [6, 6.07) is 7.43. The van der Waals surface area contributed by atoms with Gasteiger partial charge in [-0.05, 0) is 24.5 Å². The first kappa shape index (κ1) is 17.6. The minimum Gasteiger partial charge on any atom is -0.383 e. The third kappa shape index (κ3) is 5.44. The SMILES string of the molecule is COCCN1CC(CNC(=O)Nc2cccc(SC)c2)CC1=O. The van der Waals surface area contributed by atoms with Gasteiger partial charge in [-0.2, -0.15) is 0 Å². The van der Waals surface area contributed by atoms with Crippen molar-refractivity contribution in [2.24, 2.45) is 5.92 Å². The maximum atomic E-state index is 12.0. The number of carbonyl (C=O) groups is 2. The molecule has 6 nitrogen and oxygen atoms in total. The maximum absolute atomic E-state index is 12.0. The maximum Gasteiger partial charge on any atom is 0.319 e. The highest BCUT2D eigenvalue weighted by Crippen LogP contribution is 2.19. The van der Waals surface area contributed by atoms with E-state index in [1.165, 1.54) is 0 Å². The number of benzene rings is 1. The fourth-order valence-corrected chi connectivity index (χ4v) is 2.98. The van der Waals surface area contributed by atoms with Crippen LogP contribution in [0.4, 0.5) is 10.5 Å². The molecule has 1 aromatic rings. The zero-order valence-corrected chi connectivity index (χ0v) is 14.3. The first-order valence-corrected chi connectivity index (χ1v) is 8.80. The number of likely N-dealkylation sites (tertiary alicyclic amines) is 1. The van der Waals surface area contributed by atoms with E-state index in [0.29, 0.717) is 32.7 Å². The van der Waals surface area contributed by atoms with Crippen LogP contribution in [-0.4, -0.2) is 56.4 Å². The first-order valence-electron chi connectivity index (χ1n) is 7.58. The quantitative estimate of drug-likeness (QED) is 0.747. The lowest BCUT2D eigenvalue weighted by Gasteiger charge is -2.16. The van der Waals surface area contributed by atoms with Gasteiger partial charge in [-0.25, -0.2) is 4.79 Å². The number of nitrogens with one attached hydrogen (secondary N) is 2. The molecule has 7 heteroatoms.